The molecule has 2 heterocycles. The van der Waals surface area contributed by atoms with Gasteiger partial charge in [-0.3, -0.25) is 14.7 Å². The lowest BCUT2D eigenvalue weighted by Crippen LogP contribution is -2.47. The van der Waals surface area contributed by atoms with E-state index in [4.69, 9.17) is 0 Å². The molecule has 1 fully saturated rings. The molecule has 0 radical (unpaired) electrons. The molecular weight excluding hydrogens is 397 g/mol. The summed E-state index contributed by atoms with van der Waals surface area (Å²) in [5.41, 5.74) is 1.78. The summed E-state index contributed by atoms with van der Waals surface area (Å²) in [5.74, 6) is 1.16. The van der Waals surface area contributed by atoms with E-state index in [9.17, 15) is 9.18 Å². The maximum Gasteiger partial charge on any atom is 0.223 e. The average molecular weight is 430 g/mol. The molecule has 1 saturated heterocycles. The first-order valence-electron chi connectivity index (χ1n) is 10.7. The Labute approximate surface area is 183 Å². The molecular formula is C24H32FN3OS. The maximum absolute atomic E-state index is 14.4. The molecule has 1 aliphatic heterocycles. The van der Waals surface area contributed by atoms with Crippen molar-refractivity contribution < 1.29 is 9.18 Å². The number of aromatic nitrogens is 1. The first kappa shape index (κ1) is 22.8. The number of carbonyl (C=O) groups excluding carboxylic acids is 1. The summed E-state index contributed by atoms with van der Waals surface area (Å²) >= 11 is 1.68. The van der Waals surface area contributed by atoms with Gasteiger partial charge in [-0.15, -0.1) is 0 Å². The highest BCUT2D eigenvalue weighted by atomic mass is 32.2. The van der Waals surface area contributed by atoms with Crippen LogP contribution in [-0.4, -0.2) is 58.9 Å². The molecule has 1 aromatic heterocycles. The number of likely N-dealkylation sites (tertiary alicyclic amines) is 1. The lowest BCUT2D eigenvalue weighted by atomic mass is 9.84. The third-order valence-corrected chi connectivity index (χ3v) is 6.70. The predicted molar refractivity (Wildman–Crippen MR) is 122 cm³/mol. The van der Waals surface area contributed by atoms with Gasteiger partial charge in [0.15, 0.2) is 0 Å². The molecule has 3 rings (SSSR count). The highest BCUT2D eigenvalue weighted by Gasteiger charge is 2.32. The van der Waals surface area contributed by atoms with Gasteiger partial charge in [0, 0.05) is 38.0 Å². The van der Waals surface area contributed by atoms with Gasteiger partial charge in [0.2, 0.25) is 5.91 Å². The number of thioether (sulfide) groups is 1. The van der Waals surface area contributed by atoms with Gasteiger partial charge < -0.3 is 4.90 Å². The van der Waals surface area contributed by atoms with Crippen LogP contribution in [0.15, 0.2) is 48.7 Å². The van der Waals surface area contributed by atoms with Crippen LogP contribution >= 0.6 is 11.8 Å². The molecule has 4 nitrogen and oxygen atoms in total. The van der Waals surface area contributed by atoms with Crippen molar-refractivity contribution in [3.63, 3.8) is 0 Å². The number of pyridine rings is 1. The summed E-state index contributed by atoms with van der Waals surface area (Å²) in [7, 11) is 1.90. The molecule has 1 aliphatic rings. The van der Waals surface area contributed by atoms with E-state index < -0.39 is 0 Å². The van der Waals surface area contributed by atoms with Crippen molar-refractivity contribution in [2.75, 3.05) is 32.1 Å². The first-order valence-corrected chi connectivity index (χ1v) is 12.1. The third-order valence-electron chi connectivity index (χ3n) is 6.09. The third kappa shape index (κ3) is 6.29. The normalized spacial score (nSPS) is 16.4. The average Bonchev–Trinajstić information content (AvgIpc) is 2.78. The first-order chi connectivity index (χ1) is 14.6. The second kappa shape index (κ2) is 11.5. The molecule has 1 amide bonds. The molecule has 6 heteroatoms. The molecule has 0 saturated carbocycles. The molecule has 0 spiro atoms. The number of rotatable bonds is 9. The van der Waals surface area contributed by atoms with E-state index in [1.54, 1.807) is 17.8 Å². The van der Waals surface area contributed by atoms with E-state index in [1.807, 2.05) is 48.7 Å². The molecule has 0 aliphatic carbocycles. The van der Waals surface area contributed by atoms with Gasteiger partial charge in [-0.25, -0.2) is 4.39 Å². The topological polar surface area (TPSA) is 36.4 Å². The fourth-order valence-electron chi connectivity index (χ4n) is 4.28. The van der Waals surface area contributed by atoms with Gasteiger partial charge in [-0.05, 0) is 68.3 Å². The van der Waals surface area contributed by atoms with Crippen molar-refractivity contribution in [3.8, 4) is 0 Å². The van der Waals surface area contributed by atoms with Gasteiger partial charge in [0.25, 0.3) is 0 Å². The molecule has 0 N–H and O–H groups in total. The summed E-state index contributed by atoms with van der Waals surface area (Å²) in [6.07, 6.45) is 6.96. The summed E-state index contributed by atoms with van der Waals surface area (Å²) in [4.78, 5) is 21.5. The molecule has 162 valence electrons. The summed E-state index contributed by atoms with van der Waals surface area (Å²) in [6.45, 7) is 2.80. The molecule has 1 aromatic carbocycles. The number of piperidine rings is 1. The quantitative estimate of drug-likeness (QED) is 0.597. The van der Waals surface area contributed by atoms with Crippen LogP contribution in [-0.2, 0) is 17.8 Å². The Hall–Kier alpha value is -1.92. The SMILES string of the molecule is CSCCC(=O)N(C)C(Cc1ccccc1F)C1CCN(Cc2ccccn2)CC1. The zero-order valence-electron chi connectivity index (χ0n) is 18.0. The van der Waals surface area contributed by atoms with E-state index in [2.05, 4.69) is 16.0 Å². The number of hydrogen-bond donors (Lipinski definition) is 0. The Morgan fingerprint density at radius 1 is 1.23 bits per heavy atom. The largest absolute Gasteiger partial charge is 0.342 e. The van der Waals surface area contributed by atoms with E-state index >= 15 is 0 Å². The Bertz CT molecular complexity index is 796. The zero-order chi connectivity index (χ0) is 21.3. The van der Waals surface area contributed by atoms with Crippen molar-refractivity contribution in [2.24, 2.45) is 5.92 Å². The molecule has 2 aromatic rings. The summed E-state index contributed by atoms with van der Waals surface area (Å²) < 4.78 is 14.4. The van der Waals surface area contributed by atoms with Gasteiger partial charge in [-0.1, -0.05) is 24.3 Å². The Balaban J connectivity index is 1.67. The fourth-order valence-corrected chi connectivity index (χ4v) is 4.66. The fraction of sp³-hybridized carbons (Fsp3) is 0.500. The van der Waals surface area contributed by atoms with Gasteiger partial charge in [-0.2, -0.15) is 11.8 Å². The number of benzene rings is 1. The standard InChI is InChI=1S/C24H32FN3OS/c1-27(24(29)12-16-30-2)23(17-20-7-3-4-9-22(20)25)19-10-14-28(15-11-19)18-21-8-5-6-13-26-21/h3-9,13,19,23H,10-12,14-18H2,1-2H3. The number of amides is 1. The van der Waals surface area contributed by atoms with Crippen LogP contribution in [0.5, 0.6) is 0 Å². The zero-order valence-corrected chi connectivity index (χ0v) is 18.8. The van der Waals surface area contributed by atoms with E-state index in [1.165, 1.54) is 6.07 Å². The van der Waals surface area contributed by atoms with Crippen molar-refractivity contribution in [1.82, 2.24) is 14.8 Å². The highest BCUT2D eigenvalue weighted by molar-refractivity contribution is 7.98. The minimum atomic E-state index is -0.181. The number of hydrogen-bond acceptors (Lipinski definition) is 4. The van der Waals surface area contributed by atoms with Crippen LogP contribution < -0.4 is 0 Å². The summed E-state index contributed by atoms with van der Waals surface area (Å²) in [5, 5.41) is 0. The van der Waals surface area contributed by atoms with Crippen LogP contribution in [0.3, 0.4) is 0 Å². The van der Waals surface area contributed by atoms with Gasteiger partial charge in [0.05, 0.1) is 5.69 Å². The minimum Gasteiger partial charge on any atom is -0.342 e. The lowest BCUT2D eigenvalue weighted by molar-refractivity contribution is -0.133. The monoisotopic (exact) mass is 429 g/mol. The molecule has 1 atom stereocenters. The molecule has 0 bridgehead atoms. The highest BCUT2D eigenvalue weighted by Crippen LogP contribution is 2.28. The number of nitrogens with zero attached hydrogens (tertiary/aromatic N) is 3. The van der Waals surface area contributed by atoms with Crippen molar-refractivity contribution in [2.45, 2.75) is 38.3 Å². The Morgan fingerprint density at radius 3 is 2.63 bits per heavy atom. The van der Waals surface area contributed by atoms with E-state index in [0.29, 0.717) is 24.3 Å². The van der Waals surface area contributed by atoms with E-state index in [-0.39, 0.29) is 17.8 Å². The molecule has 1 unspecified atom stereocenters. The smallest absolute Gasteiger partial charge is 0.223 e. The van der Waals surface area contributed by atoms with Crippen LogP contribution in [0, 0.1) is 11.7 Å². The van der Waals surface area contributed by atoms with Crippen molar-refractivity contribution >= 4 is 17.7 Å². The van der Waals surface area contributed by atoms with Gasteiger partial charge in [0.1, 0.15) is 5.82 Å². The second-order valence-corrected chi connectivity index (χ2v) is 9.03. The van der Waals surface area contributed by atoms with Crippen molar-refractivity contribution in [1.29, 1.82) is 0 Å². The van der Waals surface area contributed by atoms with E-state index in [0.717, 1.165) is 43.9 Å². The summed E-state index contributed by atoms with van der Waals surface area (Å²) in [6, 6.07) is 13.0. The number of halogens is 1. The Morgan fingerprint density at radius 2 is 1.97 bits per heavy atom. The van der Waals surface area contributed by atoms with Crippen molar-refractivity contribution in [3.05, 3.63) is 65.7 Å². The van der Waals surface area contributed by atoms with Crippen LogP contribution in [0.2, 0.25) is 0 Å². The van der Waals surface area contributed by atoms with Crippen LogP contribution in [0.25, 0.3) is 0 Å². The van der Waals surface area contributed by atoms with Gasteiger partial charge >= 0.3 is 0 Å². The van der Waals surface area contributed by atoms with Crippen LogP contribution in [0.4, 0.5) is 4.39 Å². The second-order valence-electron chi connectivity index (χ2n) is 8.04. The molecule has 30 heavy (non-hydrogen) atoms. The minimum absolute atomic E-state index is 0.0215. The lowest BCUT2D eigenvalue weighted by Gasteiger charge is -2.40. The number of likely N-dealkylation sites (N-methyl/N-ethyl adjacent to an activating group) is 1. The maximum atomic E-state index is 14.4. The Kier molecular flexibility index (Phi) is 8.70. The number of carbonyl (C=O) groups is 1. The predicted octanol–water partition coefficient (Wildman–Crippen LogP) is 4.26. The van der Waals surface area contributed by atoms with Crippen LogP contribution in [0.1, 0.15) is 30.5 Å².